The smallest absolute Gasteiger partial charge is 0.275 e. The van der Waals surface area contributed by atoms with Crippen LogP contribution in [0.1, 0.15) is 40.3 Å². The maximum absolute atomic E-state index is 13.0. The second kappa shape index (κ2) is 8.20. The van der Waals surface area contributed by atoms with Crippen molar-refractivity contribution < 1.29 is 9.59 Å². The lowest BCUT2D eigenvalue weighted by Gasteiger charge is -2.34. The third kappa shape index (κ3) is 3.62. The molecule has 9 heteroatoms. The van der Waals surface area contributed by atoms with Gasteiger partial charge in [0.25, 0.3) is 5.91 Å². The highest BCUT2D eigenvalue weighted by Crippen LogP contribution is 2.28. The van der Waals surface area contributed by atoms with Gasteiger partial charge in [-0.05, 0) is 36.9 Å². The second-order valence-corrected chi connectivity index (χ2v) is 7.37. The SMILES string of the molecule is Cl.O=C1NCCN(C(=O)c2ccn(C3CCCNC3)n2)C1c1cccs1. The molecule has 0 saturated carbocycles. The number of halogens is 1. The van der Waals surface area contributed by atoms with E-state index in [4.69, 9.17) is 0 Å². The third-order valence-electron chi connectivity index (χ3n) is 4.76. The minimum atomic E-state index is -0.567. The van der Waals surface area contributed by atoms with Crippen molar-refractivity contribution in [2.75, 3.05) is 26.2 Å². The van der Waals surface area contributed by atoms with Crippen LogP contribution in [0.15, 0.2) is 29.8 Å². The highest BCUT2D eigenvalue weighted by molar-refractivity contribution is 7.10. The van der Waals surface area contributed by atoms with Crippen molar-refractivity contribution >= 4 is 35.6 Å². The molecule has 26 heavy (non-hydrogen) atoms. The van der Waals surface area contributed by atoms with Crippen LogP contribution in [0.3, 0.4) is 0 Å². The van der Waals surface area contributed by atoms with Crippen LogP contribution in [-0.4, -0.2) is 52.7 Å². The number of amides is 2. The molecule has 2 aromatic heterocycles. The predicted molar refractivity (Wildman–Crippen MR) is 102 cm³/mol. The van der Waals surface area contributed by atoms with Crippen molar-refractivity contribution in [2.24, 2.45) is 0 Å². The van der Waals surface area contributed by atoms with Gasteiger partial charge in [0.05, 0.1) is 6.04 Å². The number of aromatic nitrogens is 2. The maximum Gasteiger partial charge on any atom is 0.275 e. The Morgan fingerprint density at radius 3 is 2.92 bits per heavy atom. The summed E-state index contributed by atoms with van der Waals surface area (Å²) >= 11 is 1.49. The fraction of sp³-hybridized carbons (Fsp3) is 0.471. The summed E-state index contributed by atoms with van der Waals surface area (Å²) < 4.78 is 1.88. The topological polar surface area (TPSA) is 79.3 Å². The van der Waals surface area contributed by atoms with Crippen molar-refractivity contribution in [3.8, 4) is 0 Å². The standard InChI is InChI=1S/C17H21N5O2S.ClH/c23-16-15(14-4-2-10-25-14)21(9-7-19-16)17(24)13-5-8-22(20-13)12-3-1-6-18-11-12;/h2,4-5,8,10,12,15,18H,1,3,6-7,9,11H2,(H,19,23);1H. The van der Waals surface area contributed by atoms with E-state index in [2.05, 4.69) is 15.7 Å². The summed E-state index contributed by atoms with van der Waals surface area (Å²) in [5.41, 5.74) is 0.404. The molecule has 0 spiro atoms. The molecule has 2 unspecified atom stereocenters. The Kier molecular flexibility index (Phi) is 5.95. The normalized spacial score (nSPS) is 23.2. The first-order chi connectivity index (χ1) is 12.2. The van der Waals surface area contributed by atoms with Crippen LogP contribution in [0, 0.1) is 0 Å². The minimum Gasteiger partial charge on any atom is -0.352 e. The lowest BCUT2D eigenvalue weighted by molar-refractivity contribution is -0.127. The molecule has 4 rings (SSSR count). The molecule has 2 aliphatic heterocycles. The predicted octanol–water partition coefficient (Wildman–Crippen LogP) is 1.60. The number of hydrogen-bond donors (Lipinski definition) is 2. The summed E-state index contributed by atoms with van der Waals surface area (Å²) in [6, 6.07) is 5.27. The van der Waals surface area contributed by atoms with Gasteiger partial charge in [-0.15, -0.1) is 23.7 Å². The Balaban J connectivity index is 0.00000196. The number of piperazine rings is 1. The summed E-state index contributed by atoms with van der Waals surface area (Å²) in [6.07, 6.45) is 4.04. The van der Waals surface area contributed by atoms with Crippen LogP contribution in [0.25, 0.3) is 0 Å². The quantitative estimate of drug-likeness (QED) is 0.827. The van der Waals surface area contributed by atoms with Gasteiger partial charge in [0, 0.05) is 30.7 Å². The Morgan fingerprint density at radius 2 is 2.19 bits per heavy atom. The average Bonchev–Trinajstić information content (AvgIpc) is 3.34. The van der Waals surface area contributed by atoms with E-state index >= 15 is 0 Å². The number of hydrogen-bond acceptors (Lipinski definition) is 5. The number of piperidine rings is 1. The average molecular weight is 396 g/mol. The summed E-state index contributed by atoms with van der Waals surface area (Å²) in [6.45, 7) is 2.87. The van der Waals surface area contributed by atoms with Crippen molar-refractivity contribution in [2.45, 2.75) is 24.9 Å². The van der Waals surface area contributed by atoms with E-state index in [-0.39, 0.29) is 30.3 Å². The molecule has 4 heterocycles. The van der Waals surface area contributed by atoms with Crippen molar-refractivity contribution in [3.05, 3.63) is 40.3 Å². The molecular formula is C17H22ClN5O2S. The van der Waals surface area contributed by atoms with Crippen molar-refractivity contribution in [3.63, 3.8) is 0 Å². The van der Waals surface area contributed by atoms with Crippen LogP contribution in [0.5, 0.6) is 0 Å². The molecule has 0 aromatic carbocycles. The fourth-order valence-electron chi connectivity index (χ4n) is 3.48. The lowest BCUT2D eigenvalue weighted by Crippen LogP contribution is -2.52. The number of carbonyl (C=O) groups excluding carboxylic acids is 2. The van der Waals surface area contributed by atoms with Gasteiger partial charge < -0.3 is 15.5 Å². The largest absolute Gasteiger partial charge is 0.352 e. The Morgan fingerprint density at radius 1 is 1.31 bits per heavy atom. The zero-order valence-corrected chi connectivity index (χ0v) is 15.9. The minimum absolute atomic E-state index is 0. The molecule has 0 radical (unpaired) electrons. The molecule has 0 aliphatic carbocycles. The zero-order chi connectivity index (χ0) is 17.2. The van der Waals surface area contributed by atoms with Gasteiger partial charge in [-0.1, -0.05) is 6.07 Å². The Bertz CT molecular complexity index is 757. The molecule has 0 bridgehead atoms. The van der Waals surface area contributed by atoms with Gasteiger partial charge in [-0.25, -0.2) is 0 Å². The van der Waals surface area contributed by atoms with Gasteiger partial charge >= 0.3 is 0 Å². The molecule has 2 N–H and O–H groups in total. The first-order valence-electron chi connectivity index (χ1n) is 8.62. The maximum atomic E-state index is 13.0. The van der Waals surface area contributed by atoms with Crippen molar-refractivity contribution in [1.29, 1.82) is 0 Å². The summed E-state index contributed by atoms with van der Waals surface area (Å²) in [4.78, 5) is 27.9. The Hall–Kier alpha value is -1.90. The van der Waals surface area contributed by atoms with E-state index in [0.29, 0.717) is 18.8 Å². The van der Waals surface area contributed by atoms with E-state index < -0.39 is 6.04 Å². The summed E-state index contributed by atoms with van der Waals surface area (Å²) in [5.74, 6) is -0.311. The van der Waals surface area contributed by atoms with Gasteiger partial charge in [-0.3, -0.25) is 14.3 Å². The van der Waals surface area contributed by atoms with Gasteiger partial charge in [0.2, 0.25) is 5.91 Å². The van der Waals surface area contributed by atoms with Gasteiger partial charge in [0.15, 0.2) is 0 Å². The molecule has 140 valence electrons. The number of nitrogens with one attached hydrogen (secondary N) is 2. The van der Waals surface area contributed by atoms with Crippen LogP contribution in [-0.2, 0) is 4.79 Å². The van der Waals surface area contributed by atoms with Gasteiger partial charge in [0.1, 0.15) is 11.7 Å². The summed E-state index contributed by atoms with van der Waals surface area (Å²) in [5, 5.41) is 12.6. The molecular weight excluding hydrogens is 374 g/mol. The van der Waals surface area contributed by atoms with E-state index in [1.807, 2.05) is 28.4 Å². The molecule has 2 saturated heterocycles. The van der Waals surface area contributed by atoms with Crippen LogP contribution < -0.4 is 10.6 Å². The summed E-state index contributed by atoms with van der Waals surface area (Å²) in [7, 11) is 0. The van der Waals surface area contributed by atoms with Crippen LogP contribution in [0.2, 0.25) is 0 Å². The molecule has 7 nitrogen and oxygen atoms in total. The highest BCUT2D eigenvalue weighted by atomic mass is 35.5. The molecule has 2 atom stereocenters. The molecule has 2 aromatic rings. The first-order valence-corrected chi connectivity index (χ1v) is 9.50. The third-order valence-corrected chi connectivity index (χ3v) is 5.68. The first kappa shape index (κ1) is 18.9. The lowest BCUT2D eigenvalue weighted by atomic mass is 10.1. The zero-order valence-electron chi connectivity index (χ0n) is 14.3. The number of nitrogens with zero attached hydrogens (tertiary/aromatic N) is 3. The van der Waals surface area contributed by atoms with Gasteiger partial charge in [-0.2, -0.15) is 5.10 Å². The van der Waals surface area contributed by atoms with E-state index in [1.54, 1.807) is 11.0 Å². The molecule has 2 fully saturated rings. The van der Waals surface area contributed by atoms with Crippen molar-refractivity contribution in [1.82, 2.24) is 25.3 Å². The monoisotopic (exact) mass is 395 g/mol. The van der Waals surface area contributed by atoms with E-state index in [9.17, 15) is 9.59 Å². The van der Waals surface area contributed by atoms with Crippen LogP contribution in [0.4, 0.5) is 0 Å². The highest BCUT2D eigenvalue weighted by Gasteiger charge is 2.36. The molecule has 2 aliphatic rings. The number of carbonyl (C=O) groups is 2. The fourth-order valence-corrected chi connectivity index (χ4v) is 4.31. The number of rotatable bonds is 3. The number of thiophene rings is 1. The van der Waals surface area contributed by atoms with E-state index in [0.717, 1.165) is 30.8 Å². The Labute approximate surface area is 162 Å². The van der Waals surface area contributed by atoms with Crippen LogP contribution >= 0.6 is 23.7 Å². The second-order valence-electron chi connectivity index (χ2n) is 6.39. The van der Waals surface area contributed by atoms with E-state index in [1.165, 1.54) is 11.3 Å². The molecule has 2 amide bonds.